The van der Waals surface area contributed by atoms with Gasteiger partial charge in [-0.1, -0.05) is 38.1 Å². The third kappa shape index (κ3) is 2.95. The zero-order valence-electron chi connectivity index (χ0n) is 16.9. The van der Waals surface area contributed by atoms with E-state index in [1.165, 1.54) is 5.56 Å². The van der Waals surface area contributed by atoms with E-state index in [1.54, 1.807) is 4.68 Å². The lowest BCUT2D eigenvalue weighted by molar-refractivity contribution is 0.0415. The maximum absolute atomic E-state index is 13.1. The SMILES string of the molecule is CCn1nc(C(C)C)cc1C(=O)N[C@@H]1c2ccccc2C2(CCNCC2)[C@H]1O. The number of rotatable bonds is 4. The Morgan fingerprint density at radius 1 is 1.36 bits per heavy atom. The van der Waals surface area contributed by atoms with Gasteiger partial charge in [-0.25, -0.2) is 0 Å². The van der Waals surface area contributed by atoms with Crippen LogP contribution in [0, 0.1) is 0 Å². The van der Waals surface area contributed by atoms with Crippen molar-refractivity contribution in [3.63, 3.8) is 0 Å². The van der Waals surface area contributed by atoms with E-state index in [-0.39, 0.29) is 17.2 Å². The molecule has 4 rings (SSSR count). The maximum atomic E-state index is 13.1. The number of piperidine rings is 1. The van der Waals surface area contributed by atoms with E-state index in [0.717, 1.165) is 37.2 Å². The Morgan fingerprint density at radius 2 is 2.07 bits per heavy atom. The Labute approximate surface area is 166 Å². The molecule has 1 spiro atoms. The number of benzene rings is 1. The summed E-state index contributed by atoms with van der Waals surface area (Å²) < 4.78 is 1.75. The molecular formula is C22H30N4O2. The zero-order valence-corrected chi connectivity index (χ0v) is 16.9. The number of fused-ring (bicyclic) bond motifs is 2. The smallest absolute Gasteiger partial charge is 0.270 e. The number of hydrogen-bond donors (Lipinski definition) is 3. The molecular weight excluding hydrogens is 352 g/mol. The van der Waals surface area contributed by atoms with Crippen LogP contribution in [-0.4, -0.2) is 40.0 Å². The highest BCUT2D eigenvalue weighted by molar-refractivity contribution is 5.93. The number of amides is 1. The first-order chi connectivity index (χ1) is 13.5. The molecule has 1 saturated heterocycles. The monoisotopic (exact) mass is 382 g/mol. The van der Waals surface area contributed by atoms with Crippen LogP contribution in [0.15, 0.2) is 30.3 Å². The molecule has 0 bridgehead atoms. The lowest BCUT2D eigenvalue weighted by Gasteiger charge is -2.38. The highest BCUT2D eigenvalue weighted by Crippen LogP contribution is 2.50. The predicted molar refractivity (Wildman–Crippen MR) is 108 cm³/mol. The molecule has 28 heavy (non-hydrogen) atoms. The zero-order chi connectivity index (χ0) is 19.9. The normalized spacial score (nSPS) is 23.2. The third-order valence-corrected chi connectivity index (χ3v) is 6.42. The van der Waals surface area contributed by atoms with E-state index in [4.69, 9.17) is 0 Å². The first-order valence-corrected chi connectivity index (χ1v) is 10.3. The molecule has 2 atom stereocenters. The number of carbonyl (C=O) groups is 1. The quantitative estimate of drug-likeness (QED) is 0.759. The number of aromatic nitrogens is 2. The summed E-state index contributed by atoms with van der Waals surface area (Å²) in [5.74, 6) is 0.0845. The van der Waals surface area contributed by atoms with Gasteiger partial charge in [0.05, 0.1) is 17.8 Å². The molecule has 1 aromatic carbocycles. The van der Waals surface area contributed by atoms with Gasteiger partial charge in [-0.05, 0) is 56.0 Å². The average molecular weight is 383 g/mol. The molecule has 6 nitrogen and oxygen atoms in total. The van der Waals surface area contributed by atoms with Crippen LogP contribution in [0.2, 0.25) is 0 Å². The number of carbonyl (C=O) groups excluding carboxylic acids is 1. The Kier molecular flexibility index (Phi) is 5.02. The van der Waals surface area contributed by atoms with Gasteiger partial charge in [0, 0.05) is 12.0 Å². The fourth-order valence-electron chi connectivity index (χ4n) is 4.82. The largest absolute Gasteiger partial charge is 0.390 e. The van der Waals surface area contributed by atoms with Crippen LogP contribution in [0.3, 0.4) is 0 Å². The van der Waals surface area contributed by atoms with Gasteiger partial charge in [-0.2, -0.15) is 5.10 Å². The minimum Gasteiger partial charge on any atom is -0.390 e. The van der Waals surface area contributed by atoms with E-state index in [0.29, 0.717) is 12.2 Å². The van der Waals surface area contributed by atoms with E-state index < -0.39 is 12.1 Å². The van der Waals surface area contributed by atoms with Gasteiger partial charge in [0.25, 0.3) is 5.91 Å². The fourth-order valence-corrected chi connectivity index (χ4v) is 4.82. The molecule has 0 unspecified atom stereocenters. The van der Waals surface area contributed by atoms with Crippen LogP contribution < -0.4 is 10.6 Å². The van der Waals surface area contributed by atoms with Crippen LogP contribution >= 0.6 is 0 Å². The minimum absolute atomic E-state index is 0.175. The predicted octanol–water partition coefficient (Wildman–Crippen LogP) is 2.49. The van der Waals surface area contributed by atoms with Crippen molar-refractivity contribution >= 4 is 5.91 Å². The van der Waals surface area contributed by atoms with Crippen molar-refractivity contribution in [3.05, 3.63) is 52.8 Å². The van der Waals surface area contributed by atoms with Crippen LogP contribution in [0.4, 0.5) is 0 Å². The molecule has 2 aromatic rings. The molecule has 2 aliphatic rings. The molecule has 6 heteroatoms. The van der Waals surface area contributed by atoms with Gasteiger partial charge in [-0.15, -0.1) is 0 Å². The summed E-state index contributed by atoms with van der Waals surface area (Å²) in [7, 11) is 0. The molecule has 150 valence electrons. The topological polar surface area (TPSA) is 79.2 Å². The van der Waals surface area contributed by atoms with Crippen LogP contribution in [0.1, 0.15) is 72.9 Å². The summed E-state index contributed by atoms with van der Waals surface area (Å²) in [6, 6.07) is 9.64. The number of nitrogens with one attached hydrogen (secondary N) is 2. The molecule has 1 aliphatic heterocycles. The summed E-state index contributed by atoms with van der Waals surface area (Å²) in [4.78, 5) is 13.1. The van der Waals surface area contributed by atoms with E-state index in [9.17, 15) is 9.90 Å². The Hall–Kier alpha value is -2.18. The Balaban J connectivity index is 1.66. The van der Waals surface area contributed by atoms with E-state index in [2.05, 4.69) is 35.6 Å². The summed E-state index contributed by atoms with van der Waals surface area (Å²) in [5.41, 5.74) is 3.41. The van der Waals surface area contributed by atoms with E-state index in [1.807, 2.05) is 31.2 Å². The van der Waals surface area contributed by atoms with Gasteiger partial charge in [0.2, 0.25) is 0 Å². The maximum Gasteiger partial charge on any atom is 0.270 e. The minimum atomic E-state index is -0.626. The number of aryl methyl sites for hydroxylation is 1. The first-order valence-electron chi connectivity index (χ1n) is 10.3. The molecule has 3 N–H and O–H groups in total. The summed E-state index contributed by atoms with van der Waals surface area (Å²) in [6.07, 6.45) is 1.13. The molecule has 1 amide bonds. The highest BCUT2D eigenvalue weighted by Gasteiger charge is 2.52. The van der Waals surface area contributed by atoms with Crippen LogP contribution in [0.25, 0.3) is 0 Å². The van der Waals surface area contributed by atoms with Crippen molar-refractivity contribution in [1.82, 2.24) is 20.4 Å². The van der Waals surface area contributed by atoms with Crippen molar-refractivity contribution in [3.8, 4) is 0 Å². The molecule has 0 radical (unpaired) electrons. The number of aliphatic hydroxyl groups excluding tert-OH is 1. The van der Waals surface area contributed by atoms with Gasteiger partial charge in [0.15, 0.2) is 0 Å². The van der Waals surface area contributed by atoms with Gasteiger partial charge >= 0.3 is 0 Å². The Morgan fingerprint density at radius 3 is 2.75 bits per heavy atom. The second-order valence-corrected chi connectivity index (χ2v) is 8.31. The number of aliphatic hydroxyl groups is 1. The van der Waals surface area contributed by atoms with E-state index >= 15 is 0 Å². The lowest BCUT2D eigenvalue weighted by atomic mass is 9.72. The van der Waals surface area contributed by atoms with Crippen molar-refractivity contribution in [2.45, 2.75) is 63.6 Å². The third-order valence-electron chi connectivity index (χ3n) is 6.42. The van der Waals surface area contributed by atoms with Crippen molar-refractivity contribution in [2.24, 2.45) is 0 Å². The fraction of sp³-hybridized carbons (Fsp3) is 0.545. The number of nitrogens with zero attached hydrogens (tertiary/aromatic N) is 2. The summed E-state index contributed by atoms with van der Waals surface area (Å²) in [5, 5.41) is 22.4. The first kappa shape index (κ1) is 19.2. The lowest BCUT2D eigenvalue weighted by Crippen LogP contribution is -2.48. The van der Waals surface area contributed by atoms with Crippen molar-refractivity contribution < 1.29 is 9.90 Å². The standard InChI is InChI=1S/C22H30N4O2/c1-4-26-18(13-17(25-26)14(2)3)21(28)24-19-15-7-5-6-8-16(15)22(20(19)27)9-11-23-12-10-22/h5-8,13-14,19-20,23,27H,4,9-12H2,1-3H3,(H,24,28)/t19-,20+/m1/s1. The van der Waals surface area contributed by atoms with Crippen molar-refractivity contribution in [1.29, 1.82) is 0 Å². The van der Waals surface area contributed by atoms with Gasteiger partial charge in [0.1, 0.15) is 5.69 Å². The van der Waals surface area contributed by atoms with Gasteiger partial charge in [-0.3, -0.25) is 9.48 Å². The molecule has 2 heterocycles. The second kappa shape index (κ2) is 7.33. The molecule has 1 aromatic heterocycles. The molecule has 0 saturated carbocycles. The number of hydrogen-bond acceptors (Lipinski definition) is 4. The Bertz CT molecular complexity index is 867. The molecule has 1 fully saturated rings. The van der Waals surface area contributed by atoms with Gasteiger partial charge < -0.3 is 15.7 Å². The van der Waals surface area contributed by atoms with Crippen molar-refractivity contribution in [2.75, 3.05) is 13.1 Å². The molecule has 1 aliphatic carbocycles. The summed E-state index contributed by atoms with van der Waals surface area (Å²) in [6.45, 7) is 8.52. The second-order valence-electron chi connectivity index (χ2n) is 8.31. The average Bonchev–Trinajstić information content (AvgIpc) is 3.24. The highest BCUT2D eigenvalue weighted by atomic mass is 16.3. The van der Waals surface area contributed by atoms with Crippen LogP contribution in [-0.2, 0) is 12.0 Å². The summed E-state index contributed by atoms with van der Waals surface area (Å²) >= 11 is 0. The van der Waals surface area contributed by atoms with Crippen LogP contribution in [0.5, 0.6) is 0 Å².